The zero-order valence-electron chi connectivity index (χ0n) is 12.4. The van der Waals surface area contributed by atoms with Crippen LogP contribution in [0.3, 0.4) is 0 Å². The Labute approximate surface area is 140 Å². The Morgan fingerprint density at radius 3 is 2.00 bits per heavy atom. The molecule has 0 fully saturated rings. The molecule has 0 saturated carbocycles. The van der Waals surface area contributed by atoms with Gasteiger partial charge in [-0.3, -0.25) is 0 Å². The molecule has 4 nitrogen and oxygen atoms in total. The van der Waals surface area contributed by atoms with Gasteiger partial charge in [-0.1, -0.05) is 12.1 Å². The van der Waals surface area contributed by atoms with Crippen molar-refractivity contribution in [2.45, 2.75) is 24.2 Å². The van der Waals surface area contributed by atoms with Crippen molar-refractivity contribution in [2.24, 2.45) is 0 Å². The highest BCUT2D eigenvalue weighted by Gasteiger charge is 2.30. The number of nitrogens with one attached hydrogen (secondary N) is 1. The molecule has 0 aromatic heterocycles. The van der Waals surface area contributed by atoms with E-state index in [1.807, 2.05) is 0 Å². The Morgan fingerprint density at radius 1 is 0.960 bits per heavy atom. The zero-order chi connectivity index (χ0) is 18.7. The lowest BCUT2D eigenvalue weighted by atomic mass is 10.2. The third-order valence-electron chi connectivity index (χ3n) is 3.11. The minimum absolute atomic E-state index is 0.0793. The summed E-state index contributed by atoms with van der Waals surface area (Å²) in [5.74, 6) is -0.0793. The SMILES string of the molecule is O=S(=O)(NCc1ccc(OC(F)F)cc1)c1ccc(C(F)(F)F)cc1. The Hall–Kier alpha value is -2.20. The molecule has 0 unspecified atom stereocenters. The van der Waals surface area contributed by atoms with Crippen LogP contribution in [0.5, 0.6) is 5.75 Å². The van der Waals surface area contributed by atoms with E-state index in [4.69, 9.17) is 0 Å². The van der Waals surface area contributed by atoms with E-state index >= 15 is 0 Å². The first-order valence-electron chi connectivity index (χ1n) is 6.78. The van der Waals surface area contributed by atoms with Crippen LogP contribution in [0.2, 0.25) is 0 Å². The van der Waals surface area contributed by atoms with Crippen molar-refractivity contribution < 1.29 is 35.1 Å². The topological polar surface area (TPSA) is 55.4 Å². The van der Waals surface area contributed by atoms with Gasteiger partial charge in [0.1, 0.15) is 5.75 Å². The average Bonchev–Trinajstić information content (AvgIpc) is 2.53. The lowest BCUT2D eigenvalue weighted by Gasteiger charge is -2.10. The normalized spacial score (nSPS) is 12.4. The van der Waals surface area contributed by atoms with E-state index < -0.39 is 28.4 Å². The highest BCUT2D eigenvalue weighted by Crippen LogP contribution is 2.29. The van der Waals surface area contributed by atoms with Gasteiger partial charge in [0.25, 0.3) is 0 Å². The molecule has 0 atom stereocenters. The second kappa shape index (κ2) is 7.36. The molecule has 25 heavy (non-hydrogen) atoms. The first kappa shape index (κ1) is 19.1. The fraction of sp³-hybridized carbons (Fsp3) is 0.200. The third-order valence-corrected chi connectivity index (χ3v) is 4.52. The van der Waals surface area contributed by atoms with Crippen molar-refractivity contribution >= 4 is 10.0 Å². The first-order chi connectivity index (χ1) is 11.6. The smallest absolute Gasteiger partial charge is 0.416 e. The van der Waals surface area contributed by atoms with E-state index in [2.05, 4.69) is 9.46 Å². The van der Waals surface area contributed by atoms with Gasteiger partial charge in [0.2, 0.25) is 10.0 Å². The van der Waals surface area contributed by atoms with Gasteiger partial charge in [0, 0.05) is 6.54 Å². The molecule has 0 spiro atoms. The molecule has 2 aromatic carbocycles. The quantitative estimate of drug-likeness (QED) is 0.775. The summed E-state index contributed by atoms with van der Waals surface area (Å²) in [7, 11) is -4.02. The molecule has 0 radical (unpaired) electrons. The van der Waals surface area contributed by atoms with Crippen LogP contribution in [0.25, 0.3) is 0 Å². The van der Waals surface area contributed by atoms with Gasteiger partial charge in [-0.2, -0.15) is 22.0 Å². The maximum atomic E-state index is 12.5. The highest BCUT2D eigenvalue weighted by atomic mass is 32.2. The molecule has 2 aromatic rings. The van der Waals surface area contributed by atoms with Gasteiger partial charge in [-0.25, -0.2) is 13.1 Å². The van der Waals surface area contributed by atoms with Crippen LogP contribution in [-0.4, -0.2) is 15.0 Å². The average molecular weight is 381 g/mol. The molecule has 0 aliphatic heterocycles. The number of hydrogen-bond acceptors (Lipinski definition) is 3. The maximum Gasteiger partial charge on any atom is 0.416 e. The molecular formula is C15H12F5NO3S. The molecule has 0 bridgehead atoms. The van der Waals surface area contributed by atoms with Crippen LogP contribution in [-0.2, 0) is 22.7 Å². The molecular weight excluding hydrogens is 369 g/mol. The number of alkyl halides is 5. The summed E-state index contributed by atoms with van der Waals surface area (Å²) in [6, 6.07) is 8.30. The highest BCUT2D eigenvalue weighted by molar-refractivity contribution is 7.89. The standard InChI is InChI=1S/C15H12F5NO3S/c16-14(17)24-12-5-1-10(2-6-12)9-21-25(22,23)13-7-3-11(4-8-13)15(18,19)20/h1-8,14,21H,9H2. The van der Waals surface area contributed by atoms with Crippen molar-refractivity contribution in [3.63, 3.8) is 0 Å². The number of ether oxygens (including phenoxy) is 1. The summed E-state index contributed by atoms with van der Waals surface area (Å²) in [5.41, 5.74) is -0.502. The van der Waals surface area contributed by atoms with Crippen LogP contribution in [0.4, 0.5) is 22.0 Å². The molecule has 10 heteroatoms. The Balaban J connectivity index is 2.04. The van der Waals surface area contributed by atoms with Crippen LogP contribution in [0, 0.1) is 0 Å². The first-order valence-corrected chi connectivity index (χ1v) is 8.27. The number of sulfonamides is 1. The van der Waals surface area contributed by atoms with Crippen LogP contribution < -0.4 is 9.46 Å². The van der Waals surface area contributed by atoms with Crippen LogP contribution >= 0.6 is 0 Å². The van der Waals surface area contributed by atoms with Gasteiger partial charge in [0.15, 0.2) is 0 Å². The van der Waals surface area contributed by atoms with Gasteiger partial charge < -0.3 is 4.74 Å². The van der Waals surface area contributed by atoms with Crippen molar-refractivity contribution in [2.75, 3.05) is 0 Å². The van der Waals surface area contributed by atoms with Crippen LogP contribution in [0.15, 0.2) is 53.4 Å². The fourth-order valence-electron chi connectivity index (χ4n) is 1.87. The predicted octanol–water partition coefficient (Wildman–Crippen LogP) is 3.79. The van der Waals surface area contributed by atoms with E-state index in [9.17, 15) is 30.4 Å². The molecule has 0 aliphatic carbocycles. The Morgan fingerprint density at radius 2 is 1.52 bits per heavy atom. The molecule has 0 aliphatic rings. The minimum Gasteiger partial charge on any atom is -0.435 e. The molecule has 0 heterocycles. The Bertz CT molecular complexity index is 803. The van der Waals surface area contributed by atoms with E-state index in [-0.39, 0.29) is 17.2 Å². The number of halogens is 5. The summed E-state index contributed by atoms with van der Waals surface area (Å²) in [6.45, 7) is -3.14. The second-order valence-electron chi connectivity index (χ2n) is 4.87. The molecule has 136 valence electrons. The lowest BCUT2D eigenvalue weighted by molar-refractivity contribution is -0.137. The largest absolute Gasteiger partial charge is 0.435 e. The van der Waals surface area contributed by atoms with E-state index in [1.165, 1.54) is 24.3 Å². The van der Waals surface area contributed by atoms with Gasteiger partial charge in [-0.15, -0.1) is 0 Å². The summed E-state index contributed by atoms with van der Waals surface area (Å²) >= 11 is 0. The third kappa shape index (κ3) is 5.40. The fourth-order valence-corrected chi connectivity index (χ4v) is 2.89. The Kier molecular flexibility index (Phi) is 5.63. The molecule has 0 saturated heterocycles. The van der Waals surface area contributed by atoms with Gasteiger partial charge in [-0.05, 0) is 42.0 Å². The van der Waals surface area contributed by atoms with Gasteiger partial charge in [0.05, 0.1) is 10.5 Å². The van der Waals surface area contributed by atoms with Crippen molar-refractivity contribution in [3.8, 4) is 5.75 Å². The summed E-state index contributed by atoms with van der Waals surface area (Å²) in [6.07, 6.45) is -4.56. The monoisotopic (exact) mass is 381 g/mol. The lowest BCUT2D eigenvalue weighted by Crippen LogP contribution is -2.23. The summed E-state index contributed by atoms with van der Waals surface area (Å²) in [5, 5.41) is 0. The van der Waals surface area contributed by atoms with Crippen molar-refractivity contribution in [1.82, 2.24) is 4.72 Å². The molecule has 2 rings (SSSR count). The molecule has 1 N–H and O–H groups in total. The summed E-state index contributed by atoms with van der Waals surface area (Å²) in [4.78, 5) is -0.321. The number of hydrogen-bond donors (Lipinski definition) is 1. The minimum atomic E-state index is -4.56. The molecule has 0 amide bonds. The van der Waals surface area contributed by atoms with Crippen molar-refractivity contribution in [1.29, 1.82) is 0 Å². The number of rotatable bonds is 6. The van der Waals surface area contributed by atoms with E-state index in [0.717, 1.165) is 12.1 Å². The number of benzene rings is 2. The predicted molar refractivity (Wildman–Crippen MR) is 78.5 cm³/mol. The maximum absolute atomic E-state index is 12.5. The van der Waals surface area contributed by atoms with Crippen molar-refractivity contribution in [3.05, 3.63) is 59.7 Å². The zero-order valence-corrected chi connectivity index (χ0v) is 13.2. The second-order valence-corrected chi connectivity index (χ2v) is 6.64. The van der Waals surface area contributed by atoms with Crippen LogP contribution in [0.1, 0.15) is 11.1 Å². The van der Waals surface area contributed by atoms with E-state index in [0.29, 0.717) is 17.7 Å². The van der Waals surface area contributed by atoms with Gasteiger partial charge >= 0.3 is 12.8 Å². The van der Waals surface area contributed by atoms with E-state index in [1.54, 1.807) is 0 Å². The summed E-state index contributed by atoms with van der Waals surface area (Å²) < 4.78 is 92.0.